The maximum atomic E-state index is 13.0. The number of benzene rings is 3. The molecule has 0 aliphatic heterocycles. The number of halogens is 1. The SMILES string of the molecule is COC(=O)C(C(C)C)N(c1ccc(-c2ccc(NC(=O)c3oc4ccc(Cl)c(OC)c4c3C)cc2)cc1)S(=O)O. The molecule has 11 heteroatoms. The van der Waals surface area contributed by atoms with E-state index in [0.717, 1.165) is 15.4 Å². The van der Waals surface area contributed by atoms with Gasteiger partial charge < -0.3 is 19.2 Å². The van der Waals surface area contributed by atoms with Gasteiger partial charge in [0, 0.05) is 11.3 Å². The highest BCUT2D eigenvalue weighted by Gasteiger charge is 2.33. The van der Waals surface area contributed by atoms with E-state index in [1.54, 1.807) is 69.3 Å². The third kappa shape index (κ3) is 5.70. The number of furan rings is 1. The van der Waals surface area contributed by atoms with Gasteiger partial charge in [-0.3, -0.25) is 13.7 Å². The monoisotopic (exact) mass is 584 g/mol. The van der Waals surface area contributed by atoms with Crippen LogP contribution in [0.5, 0.6) is 5.75 Å². The van der Waals surface area contributed by atoms with Gasteiger partial charge in [-0.05, 0) is 60.4 Å². The molecule has 0 spiro atoms. The molecule has 1 amide bonds. The Bertz CT molecular complexity index is 1570. The van der Waals surface area contributed by atoms with E-state index in [2.05, 4.69) is 5.32 Å². The molecule has 4 aromatic rings. The summed E-state index contributed by atoms with van der Waals surface area (Å²) in [5.41, 5.74) is 3.77. The molecule has 0 saturated heterocycles. The van der Waals surface area contributed by atoms with Crippen molar-refractivity contribution in [1.29, 1.82) is 0 Å². The fourth-order valence-electron chi connectivity index (χ4n) is 4.54. The van der Waals surface area contributed by atoms with Crippen molar-refractivity contribution in [3.8, 4) is 16.9 Å². The Balaban J connectivity index is 1.53. The maximum absolute atomic E-state index is 13.0. The summed E-state index contributed by atoms with van der Waals surface area (Å²) in [6.45, 7) is 5.32. The number of methoxy groups -OCH3 is 2. The Morgan fingerprint density at radius 2 is 1.60 bits per heavy atom. The number of hydrogen-bond donors (Lipinski definition) is 2. The lowest BCUT2D eigenvalue weighted by atomic mass is 10.0. The predicted molar refractivity (Wildman–Crippen MR) is 156 cm³/mol. The number of amides is 1. The summed E-state index contributed by atoms with van der Waals surface area (Å²) in [6.07, 6.45) is 0. The standard InChI is InChI=1S/C29H29ClN2O7S/c1-16(2)25(29(34)38-5)32(40(35)36)21-12-8-19(9-13-21)18-6-10-20(11-7-18)31-28(33)26-17(3)24-23(39-26)15-14-22(30)27(24)37-4/h6-16,25H,1-5H3,(H,31,33)(H,35,36). The van der Waals surface area contributed by atoms with Gasteiger partial charge in [0.1, 0.15) is 17.4 Å². The van der Waals surface area contributed by atoms with E-state index >= 15 is 0 Å². The van der Waals surface area contributed by atoms with Crippen LogP contribution < -0.4 is 14.4 Å². The Morgan fingerprint density at radius 1 is 1.00 bits per heavy atom. The van der Waals surface area contributed by atoms with Gasteiger partial charge in [0.05, 0.1) is 30.3 Å². The number of rotatable bonds is 9. The summed E-state index contributed by atoms with van der Waals surface area (Å²) in [6, 6.07) is 16.5. The molecule has 2 N–H and O–H groups in total. The quantitative estimate of drug-likeness (QED) is 0.171. The minimum atomic E-state index is -2.44. The van der Waals surface area contributed by atoms with Crippen LogP contribution >= 0.6 is 11.6 Å². The molecular weight excluding hydrogens is 556 g/mol. The van der Waals surface area contributed by atoms with Crippen molar-refractivity contribution in [1.82, 2.24) is 0 Å². The Labute approximate surface area is 239 Å². The van der Waals surface area contributed by atoms with Crippen LogP contribution in [0.3, 0.4) is 0 Å². The molecule has 0 bridgehead atoms. The Kier molecular flexibility index (Phi) is 8.82. The first-order chi connectivity index (χ1) is 19.1. The molecular formula is C29H29ClN2O7S. The van der Waals surface area contributed by atoms with E-state index in [9.17, 15) is 18.4 Å². The summed E-state index contributed by atoms with van der Waals surface area (Å²) in [7, 11) is 2.76. The van der Waals surface area contributed by atoms with Gasteiger partial charge in [0.2, 0.25) is 0 Å². The molecule has 210 valence electrons. The molecule has 1 heterocycles. The summed E-state index contributed by atoms with van der Waals surface area (Å²) in [5, 5.41) is 3.92. The van der Waals surface area contributed by atoms with E-state index in [-0.39, 0.29) is 11.7 Å². The van der Waals surface area contributed by atoms with Crippen LogP contribution in [0.4, 0.5) is 11.4 Å². The fraction of sp³-hybridized carbons (Fsp3) is 0.241. The summed E-state index contributed by atoms with van der Waals surface area (Å²) >= 11 is 3.79. The summed E-state index contributed by atoms with van der Waals surface area (Å²) < 4.78 is 39.3. The van der Waals surface area contributed by atoms with Crippen molar-refractivity contribution >= 4 is 57.1 Å². The molecule has 0 fully saturated rings. The van der Waals surface area contributed by atoms with Gasteiger partial charge in [0.25, 0.3) is 17.2 Å². The number of fused-ring (bicyclic) bond motifs is 1. The third-order valence-electron chi connectivity index (χ3n) is 6.50. The van der Waals surface area contributed by atoms with Gasteiger partial charge >= 0.3 is 5.97 Å². The van der Waals surface area contributed by atoms with Crippen molar-refractivity contribution in [3.63, 3.8) is 0 Å². The number of nitrogens with one attached hydrogen (secondary N) is 1. The van der Waals surface area contributed by atoms with E-state index < -0.39 is 29.2 Å². The lowest BCUT2D eigenvalue weighted by molar-refractivity contribution is -0.142. The van der Waals surface area contributed by atoms with Crippen LogP contribution in [0.2, 0.25) is 5.02 Å². The van der Waals surface area contributed by atoms with Crippen LogP contribution in [-0.4, -0.2) is 40.9 Å². The molecule has 0 aliphatic carbocycles. The zero-order chi connectivity index (χ0) is 29.1. The van der Waals surface area contributed by atoms with Crippen molar-refractivity contribution < 1.29 is 32.2 Å². The second kappa shape index (κ2) is 12.1. The highest BCUT2D eigenvalue weighted by atomic mass is 35.5. The van der Waals surface area contributed by atoms with Crippen molar-refractivity contribution in [2.24, 2.45) is 5.92 Å². The average Bonchev–Trinajstić information content (AvgIpc) is 3.28. The molecule has 0 saturated carbocycles. The zero-order valence-electron chi connectivity index (χ0n) is 22.6. The second-order valence-corrected chi connectivity index (χ2v) is 10.6. The fourth-order valence-corrected chi connectivity index (χ4v) is 5.60. The number of esters is 1. The summed E-state index contributed by atoms with van der Waals surface area (Å²) in [4.78, 5) is 25.3. The number of hydrogen-bond acceptors (Lipinski definition) is 6. The molecule has 3 aromatic carbocycles. The number of aryl methyl sites for hydroxylation is 1. The van der Waals surface area contributed by atoms with Gasteiger partial charge in [-0.25, -0.2) is 9.00 Å². The lowest BCUT2D eigenvalue weighted by Crippen LogP contribution is -2.46. The third-order valence-corrected chi connectivity index (χ3v) is 7.57. The van der Waals surface area contributed by atoms with E-state index in [0.29, 0.717) is 38.7 Å². The molecule has 0 aliphatic rings. The second-order valence-electron chi connectivity index (χ2n) is 9.36. The largest absolute Gasteiger partial charge is 0.494 e. The predicted octanol–water partition coefficient (Wildman–Crippen LogP) is 6.46. The van der Waals surface area contributed by atoms with E-state index in [4.69, 9.17) is 25.5 Å². The highest BCUT2D eigenvalue weighted by Crippen LogP contribution is 2.38. The number of nitrogens with zero attached hydrogens (tertiary/aromatic N) is 1. The van der Waals surface area contributed by atoms with Crippen molar-refractivity contribution in [3.05, 3.63) is 77.0 Å². The molecule has 2 atom stereocenters. The van der Waals surface area contributed by atoms with Gasteiger partial charge in [-0.2, -0.15) is 0 Å². The van der Waals surface area contributed by atoms with Crippen LogP contribution in [0, 0.1) is 12.8 Å². The number of ether oxygens (including phenoxy) is 2. The Hall–Kier alpha value is -3.86. The molecule has 40 heavy (non-hydrogen) atoms. The minimum Gasteiger partial charge on any atom is -0.494 e. The van der Waals surface area contributed by atoms with Crippen LogP contribution in [-0.2, 0) is 20.8 Å². The molecule has 0 radical (unpaired) electrons. The molecule has 9 nitrogen and oxygen atoms in total. The topological polar surface area (TPSA) is 118 Å². The zero-order valence-corrected chi connectivity index (χ0v) is 24.1. The van der Waals surface area contributed by atoms with Gasteiger partial charge in [-0.15, -0.1) is 0 Å². The number of carbonyl (C=O) groups is 2. The molecule has 1 aromatic heterocycles. The van der Waals surface area contributed by atoms with E-state index in [1.807, 2.05) is 12.1 Å². The van der Waals surface area contributed by atoms with Gasteiger partial charge in [-0.1, -0.05) is 49.7 Å². The highest BCUT2D eigenvalue weighted by molar-refractivity contribution is 7.80. The van der Waals surface area contributed by atoms with Crippen molar-refractivity contribution in [2.75, 3.05) is 23.8 Å². The lowest BCUT2D eigenvalue weighted by Gasteiger charge is -2.30. The smallest absolute Gasteiger partial charge is 0.329 e. The van der Waals surface area contributed by atoms with Gasteiger partial charge in [0.15, 0.2) is 5.76 Å². The molecule has 2 unspecified atom stereocenters. The van der Waals surface area contributed by atoms with Crippen LogP contribution in [0.15, 0.2) is 65.1 Å². The maximum Gasteiger partial charge on any atom is 0.329 e. The van der Waals surface area contributed by atoms with Crippen LogP contribution in [0.1, 0.15) is 30.0 Å². The first kappa shape index (κ1) is 29.1. The average molecular weight is 585 g/mol. The first-order valence-corrected chi connectivity index (χ1v) is 13.8. The van der Waals surface area contributed by atoms with Crippen LogP contribution in [0.25, 0.3) is 22.1 Å². The van der Waals surface area contributed by atoms with Crippen molar-refractivity contribution in [2.45, 2.75) is 26.8 Å². The Morgan fingerprint density at radius 3 is 2.12 bits per heavy atom. The summed E-state index contributed by atoms with van der Waals surface area (Å²) in [5.74, 6) is -0.665. The first-order valence-electron chi connectivity index (χ1n) is 12.3. The number of carbonyl (C=O) groups excluding carboxylic acids is 2. The number of anilines is 2. The van der Waals surface area contributed by atoms with E-state index in [1.165, 1.54) is 14.2 Å². The molecule has 4 rings (SSSR count). The minimum absolute atomic E-state index is 0.160. The normalized spacial score (nSPS) is 12.7.